The fraction of sp³-hybridized carbons (Fsp3) is 0.333. The number of benzene rings is 3. The molecule has 0 radical (unpaired) electrons. The quantitative estimate of drug-likeness (QED) is 0.306. The highest BCUT2D eigenvalue weighted by atomic mass is 35.5. The summed E-state index contributed by atoms with van der Waals surface area (Å²) < 4.78 is 20.5. The van der Waals surface area contributed by atoms with Gasteiger partial charge in [-0.15, -0.1) is 0 Å². The number of amides is 2. The van der Waals surface area contributed by atoms with Crippen LogP contribution in [0.25, 0.3) is 0 Å². The number of carbonyl (C=O) groups excluding carboxylic acids is 2. The molecule has 3 aromatic carbocycles. The third kappa shape index (κ3) is 7.27. The van der Waals surface area contributed by atoms with E-state index in [9.17, 15) is 14.0 Å². The van der Waals surface area contributed by atoms with Crippen molar-refractivity contribution in [1.82, 2.24) is 9.80 Å². The Morgan fingerprint density at radius 3 is 2.55 bits per heavy atom. The highest BCUT2D eigenvalue weighted by Crippen LogP contribution is 2.36. The van der Waals surface area contributed by atoms with Crippen LogP contribution in [0, 0.1) is 11.2 Å². The molecule has 0 unspecified atom stereocenters. The van der Waals surface area contributed by atoms with Crippen molar-refractivity contribution in [2.45, 2.75) is 32.2 Å². The smallest absolute Gasteiger partial charge is 0.227 e. The average Bonchev–Trinajstić information content (AvgIpc) is 2.90. The van der Waals surface area contributed by atoms with E-state index in [-0.39, 0.29) is 41.8 Å². The third-order valence-electron chi connectivity index (χ3n) is 6.96. The molecule has 1 aliphatic rings. The lowest BCUT2D eigenvalue weighted by Gasteiger charge is -2.43. The highest BCUT2D eigenvalue weighted by molar-refractivity contribution is 6.31. The molecule has 1 atom stereocenters. The van der Waals surface area contributed by atoms with Crippen molar-refractivity contribution < 1.29 is 18.7 Å². The largest absolute Gasteiger partial charge is 0.493 e. The van der Waals surface area contributed by atoms with E-state index in [1.807, 2.05) is 36.4 Å². The molecule has 38 heavy (non-hydrogen) atoms. The molecule has 0 spiro atoms. The molecule has 5 nitrogen and oxygen atoms in total. The van der Waals surface area contributed by atoms with E-state index in [2.05, 4.69) is 0 Å². The van der Waals surface area contributed by atoms with Gasteiger partial charge in [0.15, 0.2) is 0 Å². The Hall–Kier alpha value is -3.09. The van der Waals surface area contributed by atoms with Crippen LogP contribution in [0.15, 0.2) is 72.8 Å². The molecule has 1 aliphatic heterocycles. The monoisotopic (exact) mass is 556 g/mol. The predicted octanol–water partition coefficient (Wildman–Crippen LogP) is 6.41. The van der Waals surface area contributed by atoms with Gasteiger partial charge in [0.2, 0.25) is 11.8 Å². The SMILES string of the molecule is CN(Cc1ccccc1)C(=O)C[C@]1(COc2cccc(Cl)c2)CCCN(C(=O)Cc2c(F)cccc2Cl)C1. The lowest BCUT2D eigenvalue weighted by molar-refractivity contribution is -0.140. The third-order valence-corrected chi connectivity index (χ3v) is 7.55. The van der Waals surface area contributed by atoms with E-state index < -0.39 is 11.2 Å². The van der Waals surface area contributed by atoms with Crippen molar-refractivity contribution in [2.24, 2.45) is 5.41 Å². The minimum absolute atomic E-state index is 0.0324. The first kappa shape index (κ1) is 27.9. The lowest BCUT2D eigenvalue weighted by atomic mass is 9.77. The average molecular weight is 557 g/mol. The molecule has 2 amide bonds. The van der Waals surface area contributed by atoms with Crippen molar-refractivity contribution in [2.75, 3.05) is 26.7 Å². The normalized spacial score (nSPS) is 17.2. The predicted molar refractivity (Wildman–Crippen MR) is 148 cm³/mol. The van der Waals surface area contributed by atoms with Crippen LogP contribution in [0.2, 0.25) is 10.0 Å². The first-order valence-electron chi connectivity index (χ1n) is 12.6. The van der Waals surface area contributed by atoms with E-state index in [0.717, 1.165) is 5.56 Å². The zero-order chi connectivity index (χ0) is 27.1. The van der Waals surface area contributed by atoms with Gasteiger partial charge in [0.1, 0.15) is 11.6 Å². The fourth-order valence-corrected chi connectivity index (χ4v) is 5.30. The summed E-state index contributed by atoms with van der Waals surface area (Å²) in [6, 6.07) is 21.3. The van der Waals surface area contributed by atoms with Gasteiger partial charge in [-0.1, -0.05) is 65.7 Å². The summed E-state index contributed by atoms with van der Waals surface area (Å²) in [7, 11) is 1.78. The minimum Gasteiger partial charge on any atom is -0.493 e. The van der Waals surface area contributed by atoms with Crippen molar-refractivity contribution >= 4 is 35.0 Å². The second-order valence-electron chi connectivity index (χ2n) is 9.95. The number of nitrogens with zero attached hydrogens (tertiary/aromatic N) is 2. The molecule has 200 valence electrons. The Balaban J connectivity index is 1.52. The summed E-state index contributed by atoms with van der Waals surface area (Å²) in [5.41, 5.74) is 0.607. The van der Waals surface area contributed by atoms with Gasteiger partial charge in [-0.3, -0.25) is 9.59 Å². The van der Waals surface area contributed by atoms with Crippen molar-refractivity contribution in [3.8, 4) is 5.75 Å². The molecule has 1 saturated heterocycles. The van der Waals surface area contributed by atoms with Crippen LogP contribution in [0.4, 0.5) is 4.39 Å². The van der Waals surface area contributed by atoms with Gasteiger partial charge in [0, 0.05) is 54.1 Å². The molecule has 0 N–H and O–H groups in total. The molecule has 4 rings (SSSR count). The number of carbonyl (C=O) groups is 2. The highest BCUT2D eigenvalue weighted by Gasteiger charge is 2.40. The molecular formula is C30H31Cl2FN2O3. The van der Waals surface area contributed by atoms with Gasteiger partial charge >= 0.3 is 0 Å². The van der Waals surface area contributed by atoms with Gasteiger partial charge in [0.25, 0.3) is 0 Å². The van der Waals surface area contributed by atoms with E-state index in [0.29, 0.717) is 43.2 Å². The minimum atomic E-state index is -0.614. The maximum absolute atomic E-state index is 14.4. The van der Waals surface area contributed by atoms with Crippen molar-refractivity contribution in [3.05, 3.63) is 99.8 Å². The van der Waals surface area contributed by atoms with E-state index in [1.165, 1.54) is 12.1 Å². The fourth-order valence-electron chi connectivity index (χ4n) is 4.89. The zero-order valence-corrected chi connectivity index (χ0v) is 22.8. The number of hydrogen-bond acceptors (Lipinski definition) is 3. The Labute approximate surface area is 233 Å². The van der Waals surface area contributed by atoms with Gasteiger partial charge in [-0.25, -0.2) is 4.39 Å². The molecule has 1 fully saturated rings. The van der Waals surface area contributed by atoms with Crippen LogP contribution >= 0.6 is 23.2 Å². The van der Waals surface area contributed by atoms with E-state index in [1.54, 1.807) is 41.1 Å². The Bertz CT molecular complexity index is 1250. The van der Waals surface area contributed by atoms with Crippen molar-refractivity contribution in [1.29, 1.82) is 0 Å². The topological polar surface area (TPSA) is 49.9 Å². The molecule has 1 heterocycles. The van der Waals surface area contributed by atoms with Crippen LogP contribution in [-0.4, -0.2) is 48.4 Å². The zero-order valence-electron chi connectivity index (χ0n) is 21.3. The van der Waals surface area contributed by atoms with Gasteiger partial charge in [0.05, 0.1) is 13.0 Å². The van der Waals surface area contributed by atoms with Crippen molar-refractivity contribution in [3.63, 3.8) is 0 Å². The number of rotatable bonds is 9. The molecule has 0 aliphatic carbocycles. The van der Waals surface area contributed by atoms with E-state index >= 15 is 0 Å². The number of ether oxygens (including phenoxy) is 1. The molecule has 3 aromatic rings. The first-order valence-corrected chi connectivity index (χ1v) is 13.4. The van der Waals surface area contributed by atoms with Gasteiger partial charge in [-0.05, 0) is 48.7 Å². The number of halogens is 3. The molecular weight excluding hydrogens is 526 g/mol. The molecule has 8 heteroatoms. The Morgan fingerprint density at radius 2 is 1.82 bits per heavy atom. The molecule has 0 aromatic heterocycles. The van der Waals surface area contributed by atoms with Crippen LogP contribution < -0.4 is 4.74 Å². The van der Waals surface area contributed by atoms with Crippen LogP contribution in [0.3, 0.4) is 0 Å². The Kier molecular flexibility index (Phi) is 9.29. The van der Waals surface area contributed by atoms with E-state index in [4.69, 9.17) is 27.9 Å². The summed E-state index contributed by atoms with van der Waals surface area (Å²) >= 11 is 12.3. The number of hydrogen-bond donors (Lipinski definition) is 0. The number of piperidine rings is 1. The second kappa shape index (κ2) is 12.6. The van der Waals surface area contributed by atoms with Crippen LogP contribution in [0.5, 0.6) is 5.75 Å². The van der Waals surface area contributed by atoms with Crippen LogP contribution in [0.1, 0.15) is 30.4 Å². The Morgan fingerprint density at radius 1 is 1.05 bits per heavy atom. The van der Waals surface area contributed by atoms with Gasteiger partial charge in [-0.2, -0.15) is 0 Å². The van der Waals surface area contributed by atoms with Crippen LogP contribution in [-0.2, 0) is 22.6 Å². The summed E-state index contributed by atoms with van der Waals surface area (Å²) in [5.74, 6) is -0.163. The second-order valence-corrected chi connectivity index (χ2v) is 10.8. The summed E-state index contributed by atoms with van der Waals surface area (Å²) in [6.07, 6.45) is 1.48. The maximum atomic E-state index is 14.4. The first-order chi connectivity index (χ1) is 18.2. The summed E-state index contributed by atoms with van der Waals surface area (Å²) in [5, 5.41) is 0.779. The maximum Gasteiger partial charge on any atom is 0.227 e. The molecule has 0 bridgehead atoms. The standard InChI is InChI=1S/C30H31Cl2FN2O3/c1-34(19-22-8-3-2-4-9-22)29(37)18-30(21-38-24-11-5-10-23(31)16-24)14-7-15-35(20-30)28(36)17-25-26(32)12-6-13-27(25)33/h2-6,8-13,16H,7,14-15,17-21H2,1H3/t30-/m1/s1. The number of likely N-dealkylation sites (tertiary alicyclic amines) is 1. The lowest BCUT2D eigenvalue weighted by Crippen LogP contribution is -2.51. The summed E-state index contributed by atoms with van der Waals surface area (Å²) in [6.45, 7) is 1.57. The van der Waals surface area contributed by atoms with Gasteiger partial charge < -0.3 is 14.5 Å². The summed E-state index contributed by atoms with van der Waals surface area (Å²) in [4.78, 5) is 30.1. The molecule has 0 saturated carbocycles.